The molecule has 2 bridgehead atoms. The summed E-state index contributed by atoms with van der Waals surface area (Å²) in [6, 6.07) is 13.8. The Bertz CT molecular complexity index is 1570. The minimum atomic E-state index is -0.136. The van der Waals surface area contributed by atoms with Gasteiger partial charge in [0.2, 0.25) is 5.95 Å². The second-order valence-corrected chi connectivity index (χ2v) is 9.89. The monoisotopic (exact) mass is 527 g/mol. The molecule has 1 saturated heterocycles. The first-order chi connectivity index (χ1) is 19.1. The smallest absolute Gasteiger partial charge is 0.278 e. The number of hydrogen-bond acceptors (Lipinski definition) is 8. The van der Waals surface area contributed by atoms with Crippen LogP contribution < -0.4 is 25.2 Å². The number of rotatable bonds is 4. The largest absolute Gasteiger partial charge is 0.495 e. The van der Waals surface area contributed by atoms with Gasteiger partial charge in [-0.25, -0.2) is 14.3 Å². The maximum atomic E-state index is 13.4. The standard InChI is InChI=1S/C29H33N7O3/c1-33-13-15-34(16-14-33)25-11-10-21(18-26(25)38-2)31-29-30-20-24-27(32-29)36-22-8-7-9-23(19-22)39-17-6-4-3-5-12-35(36)28(24)37/h3,5,7-11,18-20H,4,6,12-17H2,1-2H3,(H,30,31,32). The average Bonchev–Trinajstić information content (AvgIpc) is 3.23. The molecule has 0 radical (unpaired) electrons. The fraction of sp³-hybridized carbons (Fsp3) is 0.345. The van der Waals surface area contributed by atoms with E-state index in [0.29, 0.717) is 30.1 Å². The predicted molar refractivity (Wildman–Crippen MR) is 153 cm³/mol. The van der Waals surface area contributed by atoms with Gasteiger partial charge in [-0.3, -0.25) is 4.79 Å². The molecule has 10 nitrogen and oxygen atoms in total. The second kappa shape index (κ2) is 10.8. The van der Waals surface area contributed by atoms with E-state index in [0.717, 1.165) is 67.6 Å². The number of methoxy groups -OCH3 is 1. The number of ether oxygens (including phenoxy) is 2. The fourth-order valence-electron chi connectivity index (χ4n) is 5.10. The van der Waals surface area contributed by atoms with Crippen LogP contribution in [-0.2, 0) is 6.54 Å². The Balaban J connectivity index is 1.37. The Morgan fingerprint density at radius 1 is 1.05 bits per heavy atom. The summed E-state index contributed by atoms with van der Waals surface area (Å²) in [6.07, 6.45) is 7.51. The zero-order chi connectivity index (χ0) is 26.8. The molecule has 0 saturated carbocycles. The van der Waals surface area contributed by atoms with Gasteiger partial charge in [0.05, 0.1) is 31.6 Å². The van der Waals surface area contributed by atoms with E-state index in [2.05, 4.69) is 39.3 Å². The van der Waals surface area contributed by atoms with E-state index >= 15 is 0 Å². The Hall–Kier alpha value is -4.31. The van der Waals surface area contributed by atoms with Crippen LogP contribution in [0, 0.1) is 0 Å². The number of anilines is 3. The van der Waals surface area contributed by atoms with E-state index in [9.17, 15) is 4.79 Å². The summed E-state index contributed by atoms with van der Waals surface area (Å²) in [6.45, 7) is 5.02. The van der Waals surface area contributed by atoms with Gasteiger partial charge >= 0.3 is 0 Å². The molecule has 0 spiro atoms. The van der Waals surface area contributed by atoms with Crippen LogP contribution in [0.25, 0.3) is 16.7 Å². The molecule has 0 amide bonds. The molecule has 0 unspecified atom stereocenters. The first-order valence-corrected chi connectivity index (χ1v) is 13.4. The lowest BCUT2D eigenvalue weighted by Gasteiger charge is -2.34. The molecule has 0 atom stereocenters. The van der Waals surface area contributed by atoms with Crippen LogP contribution in [0.3, 0.4) is 0 Å². The number of piperazine rings is 1. The maximum Gasteiger partial charge on any atom is 0.278 e. The van der Waals surface area contributed by atoms with E-state index in [1.54, 1.807) is 18.0 Å². The third kappa shape index (κ3) is 5.07. The number of nitrogens with zero attached hydrogens (tertiary/aromatic N) is 6. The lowest BCUT2D eigenvalue weighted by atomic mass is 10.2. The third-order valence-corrected chi connectivity index (χ3v) is 7.25. The van der Waals surface area contributed by atoms with Crippen molar-refractivity contribution < 1.29 is 9.47 Å². The van der Waals surface area contributed by atoms with Crippen molar-refractivity contribution in [3.05, 3.63) is 71.2 Å². The zero-order valence-corrected chi connectivity index (χ0v) is 22.3. The van der Waals surface area contributed by atoms with Crippen LogP contribution in [0.2, 0.25) is 0 Å². The summed E-state index contributed by atoms with van der Waals surface area (Å²) in [7, 11) is 3.83. The summed E-state index contributed by atoms with van der Waals surface area (Å²) in [5.74, 6) is 1.95. The minimum absolute atomic E-state index is 0.136. The number of fused-ring (bicyclic) bond motifs is 6. The molecule has 1 N–H and O–H groups in total. The third-order valence-electron chi connectivity index (χ3n) is 7.25. The number of hydrogen-bond donors (Lipinski definition) is 1. The van der Waals surface area contributed by atoms with Gasteiger partial charge in [-0.05, 0) is 44.2 Å². The van der Waals surface area contributed by atoms with Gasteiger partial charge in [0.15, 0.2) is 5.65 Å². The van der Waals surface area contributed by atoms with Gasteiger partial charge in [0, 0.05) is 50.2 Å². The SMILES string of the molecule is COc1cc(Nc2ncc3c(=O)n4n(c3n2)-c2cccc(c2)OCCCC=CC4)ccc1N1CCN(C)CC1. The molecule has 2 aliphatic heterocycles. The number of benzene rings is 2. The zero-order valence-electron chi connectivity index (χ0n) is 22.3. The molecule has 1 fully saturated rings. The van der Waals surface area contributed by atoms with Crippen LogP contribution in [0.4, 0.5) is 17.3 Å². The maximum absolute atomic E-state index is 13.4. The molecule has 10 heteroatoms. The van der Waals surface area contributed by atoms with E-state index in [1.807, 2.05) is 47.2 Å². The normalized spacial score (nSPS) is 16.2. The lowest BCUT2D eigenvalue weighted by molar-refractivity contribution is 0.311. The Morgan fingerprint density at radius 3 is 2.77 bits per heavy atom. The molecule has 202 valence electrons. The van der Waals surface area contributed by atoms with Crippen molar-refractivity contribution in [2.24, 2.45) is 0 Å². The van der Waals surface area contributed by atoms with Gasteiger partial charge in [-0.15, -0.1) is 0 Å². The molecule has 2 aliphatic rings. The molecular weight excluding hydrogens is 494 g/mol. The first-order valence-electron chi connectivity index (χ1n) is 13.4. The highest BCUT2D eigenvalue weighted by molar-refractivity contribution is 5.78. The van der Waals surface area contributed by atoms with Crippen LogP contribution in [0.1, 0.15) is 12.8 Å². The topological polar surface area (TPSA) is 89.7 Å². The molecule has 0 aliphatic carbocycles. The summed E-state index contributed by atoms with van der Waals surface area (Å²) < 4.78 is 15.2. The van der Waals surface area contributed by atoms with Crippen LogP contribution >= 0.6 is 0 Å². The summed E-state index contributed by atoms with van der Waals surface area (Å²) in [5.41, 5.74) is 3.07. The van der Waals surface area contributed by atoms with E-state index in [1.165, 1.54) is 0 Å². The summed E-state index contributed by atoms with van der Waals surface area (Å²) in [4.78, 5) is 27.4. The highest BCUT2D eigenvalue weighted by Gasteiger charge is 2.20. The van der Waals surface area contributed by atoms with Gasteiger partial charge < -0.3 is 24.6 Å². The van der Waals surface area contributed by atoms with Crippen molar-refractivity contribution in [2.75, 3.05) is 57.2 Å². The van der Waals surface area contributed by atoms with Crippen LogP contribution in [0.15, 0.2) is 65.6 Å². The van der Waals surface area contributed by atoms with Gasteiger partial charge in [0.1, 0.15) is 16.9 Å². The van der Waals surface area contributed by atoms with Crippen LogP contribution in [-0.4, -0.2) is 71.2 Å². The van der Waals surface area contributed by atoms with Crippen molar-refractivity contribution >= 4 is 28.4 Å². The van der Waals surface area contributed by atoms with Crippen LogP contribution in [0.5, 0.6) is 11.5 Å². The summed E-state index contributed by atoms with van der Waals surface area (Å²) in [5, 5.41) is 3.76. The lowest BCUT2D eigenvalue weighted by Crippen LogP contribution is -2.44. The van der Waals surface area contributed by atoms with Gasteiger partial charge in [-0.2, -0.15) is 4.98 Å². The molecule has 2 aromatic heterocycles. The quantitative estimate of drug-likeness (QED) is 0.401. The van der Waals surface area contributed by atoms with Crippen molar-refractivity contribution in [2.45, 2.75) is 19.4 Å². The molecular formula is C29H33N7O3. The summed E-state index contributed by atoms with van der Waals surface area (Å²) >= 11 is 0. The Kier molecular flexibility index (Phi) is 6.93. The number of allylic oxidation sites excluding steroid dienone is 2. The van der Waals surface area contributed by atoms with E-state index in [-0.39, 0.29) is 5.56 Å². The van der Waals surface area contributed by atoms with Crippen molar-refractivity contribution in [1.29, 1.82) is 0 Å². The predicted octanol–water partition coefficient (Wildman–Crippen LogP) is 3.82. The van der Waals surface area contributed by atoms with E-state index in [4.69, 9.17) is 14.5 Å². The molecule has 2 aromatic carbocycles. The molecule has 4 heterocycles. The van der Waals surface area contributed by atoms with E-state index < -0.39 is 0 Å². The minimum Gasteiger partial charge on any atom is -0.495 e. The highest BCUT2D eigenvalue weighted by atomic mass is 16.5. The fourth-order valence-corrected chi connectivity index (χ4v) is 5.10. The number of aromatic nitrogens is 4. The molecule has 39 heavy (non-hydrogen) atoms. The van der Waals surface area contributed by atoms with Gasteiger partial charge in [0.25, 0.3) is 5.56 Å². The second-order valence-electron chi connectivity index (χ2n) is 9.89. The van der Waals surface area contributed by atoms with Crippen molar-refractivity contribution in [3.63, 3.8) is 0 Å². The Labute approximate surface area is 227 Å². The molecule has 6 rings (SSSR count). The first kappa shape index (κ1) is 25.0. The van der Waals surface area contributed by atoms with Crippen molar-refractivity contribution in [3.8, 4) is 17.2 Å². The van der Waals surface area contributed by atoms with Gasteiger partial charge in [-0.1, -0.05) is 18.2 Å². The number of nitrogens with one attached hydrogen (secondary N) is 1. The molecule has 4 aromatic rings. The Morgan fingerprint density at radius 2 is 1.92 bits per heavy atom. The number of likely N-dealkylation sites (N-methyl/N-ethyl adjacent to an activating group) is 1. The van der Waals surface area contributed by atoms with Crippen molar-refractivity contribution in [1.82, 2.24) is 24.2 Å². The highest BCUT2D eigenvalue weighted by Crippen LogP contribution is 2.33. The average molecular weight is 528 g/mol.